The van der Waals surface area contributed by atoms with Crippen LogP contribution in [0, 0.1) is 10.1 Å². The highest BCUT2D eigenvalue weighted by molar-refractivity contribution is 5.68. The molecular formula is C16H24N4O3. The van der Waals surface area contributed by atoms with E-state index in [2.05, 4.69) is 16.7 Å². The van der Waals surface area contributed by atoms with E-state index in [1.54, 1.807) is 12.1 Å². The van der Waals surface area contributed by atoms with Gasteiger partial charge >= 0.3 is 0 Å². The van der Waals surface area contributed by atoms with Crippen LogP contribution in [0.1, 0.15) is 19.8 Å². The average Bonchev–Trinajstić information content (AvgIpc) is 2.56. The third-order valence-corrected chi connectivity index (χ3v) is 4.87. The molecule has 7 heteroatoms. The van der Waals surface area contributed by atoms with Crippen molar-refractivity contribution in [3.8, 4) is 0 Å². The first-order valence-corrected chi connectivity index (χ1v) is 8.18. The van der Waals surface area contributed by atoms with Crippen LogP contribution in [0.3, 0.4) is 0 Å². The number of nitro groups is 1. The molecule has 0 aromatic heterocycles. The summed E-state index contributed by atoms with van der Waals surface area (Å²) in [6.07, 6.45) is 2.16. The number of hydrogen-bond donors (Lipinski definition) is 1. The maximum Gasteiger partial charge on any atom is 0.294 e. The summed E-state index contributed by atoms with van der Waals surface area (Å²) in [7, 11) is 0. The summed E-state index contributed by atoms with van der Waals surface area (Å²) >= 11 is 0. The van der Waals surface area contributed by atoms with Crippen LogP contribution in [-0.2, 0) is 4.74 Å². The number of rotatable bonds is 3. The fraction of sp³-hybridized carbons (Fsp3) is 0.625. The van der Waals surface area contributed by atoms with E-state index in [0.717, 1.165) is 45.7 Å². The highest BCUT2D eigenvalue weighted by Gasteiger charge is 2.32. The van der Waals surface area contributed by atoms with E-state index in [0.29, 0.717) is 17.4 Å². The quantitative estimate of drug-likeness (QED) is 0.520. The summed E-state index contributed by atoms with van der Waals surface area (Å²) in [6, 6.07) is 5.77. The lowest BCUT2D eigenvalue weighted by Gasteiger charge is -2.45. The topological polar surface area (TPSA) is 84.9 Å². The fourth-order valence-electron chi connectivity index (χ4n) is 3.66. The SMILES string of the molecule is C[C@H]1CN(C2CCOCC2)CCN1c1ccc(N)cc1[N+](=O)[O-]. The van der Waals surface area contributed by atoms with Crippen molar-refractivity contribution in [3.63, 3.8) is 0 Å². The second kappa shape index (κ2) is 6.72. The molecule has 1 atom stereocenters. The normalized spacial score (nSPS) is 23.9. The number of hydrogen-bond acceptors (Lipinski definition) is 6. The van der Waals surface area contributed by atoms with Crippen LogP contribution in [0.5, 0.6) is 0 Å². The first-order chi connectivity index (χ1) is 11.1. The lowest BCUT2D eigenvalue weighted by molar-refractivity contribution is -0.384. The Kier molecular flexibility index (Phi) is 4.68. The number of nitrogen functional groups attached to an aromatic ring is 1. The molecule has 2 N–H and O–H groups in total. The third kappa shape index (κ3) is 3.40. The average molecular weight is 320 g/mol. The zero-order valence-electron chi connectivity index (χ0n) is 13.5. The maximum absolute atomic E-state index is 11.3. The van der Waals surface area contributed by atoms with Gasteiger partial charge in [0.15, 0.2) is 0 Å². The predicted molar refractivity (Wildman–Crippen MR) is 89.7 cm³/mol. The number of benzene rings is 1. The molecule has 0 radical (unpaired) electrons. The van der Waals surface area contributed by atoms with Crippen LogP contribution in [-0.4, -0.2) is 54.8 Å². The van der Waals surface area contributed by atoms with Gasteiger partial charge in [-0.3, -0.25) is 15.0 Å². The van der Waals surface area contributed by atoms with Crippen molar-refractivity contribution < 1.29 is 9.66 Å². The van der Waals surface area contributed by atoms with Crippen LogP contribution in [0.15, 0.2) is 18.2 Å². The van der Waals surface area contributed by atoms with Gasteiger partial charge in [-0.2, -0.15) is 0 Å². The van der Waals surface area contributed by atoms with E-state index in [4.69, 9.17) is 10.5 Å². The molecule has 0 spiro atoms. The van der Waals surface area contributed by atoms with Crippen molar-refractivity contribution in [2.45, 2.75) is 31.8 Å². The molecule has 0 amide bonds. The van der Waals surface area contributed by atoms with Gasteiger partial charge in [0.05, 0.1) is 4.92 Å². The van der Waals surface area contributed by atoms with Crippen molar-refractivity contribution in [1.29, 1.82) is 0 Å². The number of anilines is 2. The van der Waals surface area contributed by atoms with Gasteiger partial charge < -0.3 is 15.4 Å². The highest BCUT2D eigenvalue weighted by atomic mass is 16.6. The predicted octanol–water partition coefficient (Wildman–Crippen LogP) is 1.87. The molecule has 0 aliphatic carbocycles. The Morgan fingerprint density at radius 3 is 2.70 bits per heavy atom. The van der Waals surface area contributed by atoms with Gasteiger partial charge in [-0.1, -0.05) is 0 Å². The summed E-state index contributed by atoms with van der Waals surface area (Å²) in [4.78, 5) is 15.6. The standard InChI is InChI=1S/C16H24N4O3/c1-12-11-18(14-4-8-23-9-5-14)6-7-19(12)15-3-2-13(17)10-16(15)20(21)22/h2-3,10,12,14H,4-9,11,17H2,1H3/t12-/m0/s1. The molecule has 1 aromatic rings. The Bertz CT molecular complexity index is 574. The number of nitrogens with zero attached hydrogens (tertiary/aromatic N) is 3. The number of ether oxygens (including phenoxy) is 1. The molecule has 0 unspecified atom stereocenters. The van der Waals surface area contributed by atoms with Crippen molar-refractivity contribution in [1.82, 2.24) is 4.90 Å². The Morgan fingerprint density at radius 1 is 1.30 bits per heavy atom. The Labute approximate surface area is 136 Å². The van der Waals surface area contributed by atoms with Crippen LogP contribution >= 0.6 is 0 Å². The highest BCUT2D eigenvalue weighted by Crippen LogP contribution is 2.33. The molecule has 2 aliphatic heterocycles. The molecular weight excluding hydrogens is 296 g/mol. The van der Waals surface area contributed by atoms with E-state index in [9.17, 15) is 10.1 Å². The zero-order chi connectivity index (χ0) is 16.4. The summed E-state index contributed by atoms with van der Waals surface area (Å²) in [6.45, 7) is 6.45. The molecule has 0 saturated carbocycles. The second-order valence-electron chi connectivity index (χ2n) is 6.39. The van der Waals surface area contributed by atoms with Gasteiger partial charge in [0, 0.05) is 56.7 Å². The van der Waals surface area contributed by atoms with E-state index in [1.807, 2.05) is 0 Å². The summed E-state index contributed by atoms with van der Waals surface area (Å²) < 4.78 is 5.44. The molecule has 3 rings (SSSR count). The minimum atomic E-state index is -0.344. The van der Waals surface area contributed by atoms with Crippen LogP contribution in [0.25, 0.3) is 0 Å². The Morgan fingerprint density at radius 2 is 2.04 bits per heavy atom. The maximum atomic E-state index is 11.3. The third-order valence-electron chi connectivity index (χ3n) is 4.87. The first kappa shape index (κ1) is 16.0. The van der Waals surface area contributed by atoms with Gasteiger partial charge in [0.25, 0.3) is 5.69 Å². The van der Waals surface area contributed by atoms with E-state index >= 15 is 0 Å². The lowest BCUT2D eigenvalue weighted by Crippen LogP contribution is -2.56. The molecule has 23 heavy (non-hydrogen) atoms. The largest absolute Gasteiger partial charge is 0.399 e. The monoisotopic (exact) mass is 320 g/mol. The number of piperazine rings is 1. The molecule has 7 nitrogen and oxygen atoms in total. The molecule has 0 bridgehead atoms. The van der Waals surface area contributed by atoms with Crippen LogP contribution in [0.2, 0.25) is 0 Å². The van der Waals surface area contributed by atoms with E-state index in [1.165, 1.54) is 6.07 Å². The molecule has 126 valence electrons. The smallest absolute Gasteiger partial charge is 0.294 e. The Balaban J connectivity index is 1.74. The van der Waals surface area contributed by atoms with Crippen molar-refractivity contribution in [2.75, 3.05) is 43.5 Å². The van der Waals surface area contributed by atoms with Gasteiger partial charge in [-0.05, 0) is 31.9 Å². The Hall–Kier alpha value is -1.86. The van der Waals surface area contributed by atoms with Gasteiger partial charge in [-0.15, -0.1) is 0 Å². The van der Waals surface area contributed by atoms with E-state index in [-0.39, 0.29) is 16.7 Å². The van der Waals surface area contributed by atoms with Gasteiger partial charge in [0.1, 0.15) is 5.69 Å². The number of nitro benzene ring substituents is 1. The minimum absolute atomic E-state index is 0.0939. The van der Waals surface area contributed by atoms with E-state index < -0.39 is 0 Å². The summed E-state index contributed by atoms with van der Waals surface area (Å²) in [5.41, 5.74) is 6.89. The van der Waals surface area contributed by atoms with Gasteiger partial charge in [0.2, 0.25) is 0 Å². The van der Waals surface area contributed by atoms with Crippen molar-refractivity contribution in [3.05, 3.63) is 28.3 Å². The molecule has 2 heterocycles. The zero-order valence-corrected chi connectivity index (χ0v) is 13.5. The summed E-state index contributed by atoms with van der Waals surface area (Å²) in [5, 5.41) is 11.3. The fourth-order valence-corrected chi connectivity index (χ4v) is 3.66. The van der Waals surface area contributed by atoms with Crippen LogP contribution in [0.4, 0.5) is 17.1 Å². The van der Waals surface area contributed by atoms with Crippen molar-refractivity contribution in [2.24, 2.45) is 0 Å². The molecule has 2 saturated heterocycles. The lowest BCUT2D eigenvalue weighted by atomic mass is 10.0. The van der Waals surface area contributed by atoms with Crippen LogP contribution < -0.4 is 10.6 Å². The summed E-state index contributed by atoms with van der Waals surface area (Å²) in [5.74, 6) is 0. The molecule has 2 fully saturated rings. The number of nitrogens with two attached hydrogens (primary N) is 1. The van der Waals surface area contributed by atoms with Crippen molar-refractivity contribution >= 4 is 17.1 Å². The first-order valence-electron chi connectivity index (χ1n) is 8.18. The second-order valence-corrected chi connectivity index (χ2v) is 6.39. The van der Waals surface area contributed by atoms with Gasteiger partial charge in [-0.25, -0.2) is 0 Å². The molecule has 1 aromatic carbocycles. The molecule has 2 aliphatic rings. The minimum Gasteiger partial charge on any atom is -0.399 e.